The number of pyridine rings is 1. The van der Waals surface area contributed by atoms with Gasteiger partial charge in [0.1, 0.15) is 0 Å². The molecule has 0 radical (unpaired) electrons. The van der Waals surface area contributed by atoms with Crippen LogP contribution in [0, 0.1) is 13.8 Å². The van der Waals surface area contributed by atoms with E-state index < -0.39 is 0 Å². The molecular formula is C31H23N3. The van der Waals surface area contributed by atoms with Crippen LogP contribution in [-0.2, 0) is 0 Å². The lowest BCUT2D eigenvalue weighted by atomic mass is 9.98. The average molecular weight is 438 g/mol. The minimum atomic E-state index is 1.13. The van der Waals surface area contributed by atoms with E-state index in [1.807, 2.05) is 12.4 Å². The predicted molar refractivity (Wildman–Crippen MR) is 142 cm³/mol. The Kier molecular flexibility index (Phi) is 3.97. The summed E-state index contributed by atoms with van der Waals surface area (Å²) in [6, 6.07) is 32.5. The molecule has 0 fully saturated rings. The Bertz CT molecular complexity index is 1860. The Hall–Kier alpha value is -4.37. The van der Waals surface area contributed by atoms with Crippen LogP contribution in [0.3, 0.4) is 0 Å². The van der Waals surface area contributed by atoms with Crippen LogP contribution in [0.25, 0.3) is 55.0 Å². The molecule has 0 saturated carbocycles. The lowest BCUT2D eigenvalue weighted by molar-refractivity contribution is 1.15. The molecule has 4 aromatic carbocycles. The van der Waals surface area contributed by atoms with Crippen molar-refractivity contribution in [1.29, 1.82) is 0 Å². The van der Waals surface area contributed by atoms with Crippen LogP contribution in [0.5, 0.6) is 0 Å². The summed E-state index contributed by atoms with van der Waals surface area (Å²) in [5, 5.41) is 5.18. The number of hydrogen-bond donors (Lipinski definition) is 0. The summed E-state index contributed by atoms with van der Waals surface area (Å²) in [5.74, 6) is 0. The molecule has 0 amide bonds. The maximum atomic E-state index is 4.29. The fourth-order valence-corrected chi connectivity index (χ4v) is 5.66. The Morgan fingerprint density at radius 3 is 1.71 bits per heavy atom. The highest BCUT2D eigenvalue weighted by molar-refractivity contribution is 6.28. The van der Waals surface area contributed by atoms with Crippen molar-refractivity contribution < 1.29 is 0 Å². The molecule has 0 saturated heterocycles. The summed E-state index contributed by atoms with van der Waals surface area (Å²) in [6.07, 6.45) is 3.75. The molecule has 0 atom stereocenters. The Morgan fingerprint density at radius 2 is 1.03 bits per heavy atom. The van der Waals surface area contributed by atoms with Crippen LogP contribution in [0.1, 0.15) is 11.1 Å². The molecule has 3 aromatic heterocycles. The lowest BCUT2D eigenvalue weighted by Gasteiger charge is -2.14. The fraction of sp³-hybridized carbons (Fsp3) is 0.0645. The quantitative estimate of drug-likeness (QED) is 0.270. The molecule has 7 rings (SSSR count). The van der Waals surface area contributed by atoms with E-state index in [0.717, 1.165) is 5.69 Å². The molecule has 0 aliphatic heterocycles. The normalized spacial score (nSPS) is 11.8. The zero-order valence-corrected chi connectivity index (χ0v) is 19.2. The molecule has 0 aliphatic rings. The molecule has 0 spiro atoms. The molecule has 0 unspecified atom stereocenters. The summed E-state index contributed by atoms with van der Waals surface area (Å²) < 4.78 is 4.85. The molecule has 0 N–H and O–H groups in total. The molecule has 0 bridgehead atoms. The number of para-hydroxylation sites is 3. The van der Waals surface area contributed by atoms with Crippen LogP contribution in [-0.4, -0.2) is 14.1 Å². The van der Waals surface area contributed by atoms with E-state index in [1.54, 1.807) is 0 Å². The van der Waals surface area contributed by atoms with E-state index in [4.69, 9.17) is 0 Å². The van der Waals surface area contributed by atoms with Gasteiger partial charge in [-0.2, -0.15) is 0 Å². The minimum absolute atomic E-state index is 1.13. The van der Waals surface area contributed by atoms with E-state index in [0.29, 0.717) is 0 Å². The second kappa shape index (κ2) is 7.06. The van der Waals surface area contributed by atoms with Crippen molar-refractivity contribution in [3.05, 3.63) is 115 Å². The summed E-state index contributed by atoms with van der Waals surface area (Å²) in [6.45, 7) is 4.54. The Labute approximate surface area is 197 Å². The van der Waals surface area contributed by atoms with Crippen molar-refractivity contribution >= 4 is 43.6 Å². The van der Waals surface area contributed by atoms with E-state index in [2.05, 4.69) is 119 Å². The monoisotopic (exact) mass is 437 g/mol. The van der Waals surface area contributed by atoms with Gasteiger partial charge < -0.3 is 9.13 Å². The van der Waals surface area contributed by atoms with Gasteiger partial charge in [0.2, 0.25) is 0 Å². The molecule has 3 heterocycles. The third-order valence-electron chi connectivity index (χ3n) is 7.21. The second-order valence-electron chi connectivity index (χ2n) is 8.94. The molecule has 0 aliphatic carbocycles. The maximum absolute atomic E-state index is 4.29. The van der Waals surface area contributed by atoms with E-state index >= 15 is 0 Å². The first-order valence-corrected chi connectivity index (χ1v) is 11.7. The highest BCUT2D eigenvalue weighted by Gasteiger charge is 2.24. The molecule has 162 valence electrons. The topological polar surface area (TPSA) is 22.8 Å². The van der Waals surface area contributed by atoms with Crippen LogP contribution in [0.4, 0.5) is 0 Å². The third-order valence-corrected chi connectivity index (χ3v) is 7.21. The summed E-state index contributed by atoms with van der Waals surface area (Å²) in [4.78, 5) is 4.29. The van der Waals surface area contributed by atoms with E-state index in [9.17, 15) is 0 Å². The van der Waals surface area contributed by atoms with E-state index in [-0.39, 0.29) is 0 Å². The Balaban J connectivity index is 1.84. The first-order valence-electron chi connectivity index (χ1n) is 11.7. The first-order chi connectivity index (χ1) is 16.8. The van der Waals surface area contributed by atoms with Gasteiger partial charge in [0, 0.05) is 45.3 Å². The van der Waals surface area contributed by atoms with Gasteiger partial charge in [0.05, 0.1) is 22.1 Å². The summed E-state index contributed by atoms with van der Waals surface area (Å²) in [5.41, 5.74) is 9.93. The molecule has 3 heteroatoms. The SMILES string of the molecule is Cc1c(C)c2c(c3ccccc3n2-c2ccccc2)c2c1c1ccccc1n2-c1ccncc1. The van der Waals surface area contributed by atoms with E-state index in [1.165, 1.54) is 60.4 Å². The molecule has 7 aromatic rings. The van der Waals surface area contributed by atoms with Crippen molar-refractivity contribution in [3.63, 3.8) is 0 Å². The maximum Gasteiger partial charge on any atom is 0.0644 e. The number of fused-ring (bicyclic) bond motifs is 7. The lowest BCUT2D eigenvalue weighted by Crippen LogP contribution is -1.98. The number of rotatable bonds is 2. The standard InChI is InChI=1S/C31H23N3/c1-20-21(2)30-29(25-13-7-9-15-27(25)33(30)22-10-4-3-5-11-22)31-28(20)24-12-6-8-14-26(24)34(31)23-16-18-32-19-17-23/h3-19H,1-2H3. The number of aromatic nitrogens is 3. The van der Waals surface area contributed by atoms with Crippen LogP contribution < -0.4 is 0 Å². The van der Waals surface area contributed by atoms with Gasteiger partial charge in [-0.05, 0) is 61.4 Å². The number of hydrogen-bond acceptors (Lipinski definition) is 1. The molecular weight excluding hydrogens is 414 g/mol. The second-order valence-corrected chi connectivity index (χ2v) is 8.94. The van der Waals surface area contributed by atoms with Gasteiger partial charge >= 0.3 is 0 Å². The van der Waals surface area contributed by atoms with Gasteiger partial charge in [0.25, 0.3) is 0 Å². The van der Waals surface area contributed by atoms with Crippen LogP contribution in [0.15, 0.2) is 103 Å². The first kappa shape index (κ1) is 19.1. The average Bonchev–Trinajstić information content (AvgIpc) is 3.42. The van der Waals surface area contributed by atoms with Gasteiger partial charge in [-0.3, -0.25) is 4.98 Å². The smallest absolute Gasteiger partial charge is 0.0644 e. The van der Waals surface area contributed by atoms with Crippen molar-refractivity contribution in [2.45, 2.75) is 13.8 Å². The van der Waals surface area contributed by atoms with Gasteiger partial charge in [-0.15, -0.1) is 0 Å². The summed E-state index contributed by atoms with van der Waals surface area (Å²) >= 11 is 0. The highest BCUT2D eigenvalue weighted by Crippen LogP contribution is 2.45. The number of benzene rings is 4. The van der Waals surface area contributed by atoms with Crippen LogP contribution in [0.2, 0.25) is 0 Å². The van der Waals surface area contributed by atoms with Crippen molar-refractivity contribution in [1.82, 2.24) is 14.1 Å². The zero-order chi connectivity index (χ0) is 22.8. The minimum Gasteiger partial charge on any atom is -0.309 e. The van der Waals surface area contributed by atoms with Gasteiger partial charge in [-0.1, -0.05) is 54.6 Å². The van der Waals surface area contributed by atoms with Gasteiger partial charge in [0.15, 0.2) is 0 Å². The highest BCUT2D eigenvalue weighted by atomic mass is 15.0. The van der Waals surface area contributed by atoms with Crippen molar-refractivity contribution in [2.24, 2.45) is 0 Å². The zero-order valence-electron chi connectivity index (χ0n) is 19.2. The predicted octanol–water partition coefficient (Wildman–Crippen LogP) is 7.89. The largest absolute Gasteiger partial charge is 0.309 e. The van der Waals surface area contributed by atoms with Crippen molar-refractivity contribution in [2.75, 3.05) is 0 Å². The number of aryl methyl sites for hydroxylation is 2. The molecule has 34 heavy (non-hydrogen) atoms. The summed E-state index contributed by atoms with van der Waals surface area (Å²) in [7, 11) is 0. The fourth-order valence-electron chi connectivity index (χ4n) is 5.66. The Morgan fingerprint density at radius 1 is 0.500 bits per heavy atom. The third kappa shape index (κ3) is 2.44. The van der Waals surface area contributed by atoms with Crippen molar-refractivity contribution in [3.8, 4) is 11.4 Å². The molecule has 3 nitrogen and oxygen atoms in total. The van der Waals surface area contributed by atoms with Crippen LogP contribution >= 0.6 is 0 Å². The van der Waals surface area contributed by atoms with Gasteiger partial charge in [-0.25, -0.2) is 0 Å². The number of nitrogens with zero attached hydrogens (tertiary/aromatic N) is 3.